The van der Waals surface area contributed by atoms with E-state index in [0.29, 0.717) is 17.8 Å². The number of hydrogen-bond acceptors (Lipinski definition) is 6. The molecule has 216 valence electrons. The number of hydrogen-bond donors (Lipinski definition) is 1. The van der Waals surface area contributed by atoms with Crippen LogP contribution in [0.4, 0.5) is 14.9 Å². The summed E-state index contributed by atoms with van der Waals surface area (Å²) in [5.41, 5.74) is 2.88. The highest BCUT2D eigenvalue weighted by Gasteiger charge is 2.33. The van der Waals surface area contributed by atoms with Crippen LogP contribution in [-0.2, 0) is 9.53 Å². The minimum Gasteiger partial charge on any atom is -0.444 e. The van der Waals surface area contributed by atoms with Gasteiger partial charge in [0, 0.05) is 29.9 Å². The number of benzene rings is 2. The van der Waals surface area contributed by atoms with E-state index in [2.05, 4.69) is 17.3 Å². The zero-order chi connectivity index (χ0) is 28.9. The first kappa shape index (κ1) is 27.7. The monoisotopic (exact) mass is 577 g/mol. The Kier molecular flexibility index (Phi) is 7.23. The molecule has 2 saturated heterocycles. The number of nitrogens with zero attached hydrogens (tertiary/aromatic N) is 4. The molecule has 6 rings (SSSR count). The van der Waals surface area contributed by atoms with E-state index in [9.17, 15) is 9.59 Å². The Balaban J connectivity index is 1.20. The van der Waals surface area contributed by atoms with Crippen LogP contribution < -0.4 is 5.32 Å². The molecule has 10 heteroatoms. The van der Waals surface area contributed by atoms with Crippen LogP contribution in [0.2, 0.25) is 0 Å². The maximum atomic E-state index is 15.5. The van der Waals surface area contributed by atoms with Crippen LogP contribution in [0.5, 0.6) is 0 Å². The van der Waals surface area contributed by atoms with E-state index in [1.54, 1.807) is 11.0 Å². The first-order valence-electron chi connectivity index (χ1n) is 14.3. The highest BCUT2D eigenvalue weighted by atomic mass is 32.1. The Morgan fingerprint density at radius 1 is 1.07 bits per heavy atom. The van der Waals surface area contributed by atoms with Gasteiger partial charge in [0.05, 0.1) is 22.0 Å². The van der Waals surface area contributed by atoms with Crippen molar-refractivity contribution >= 4 is 44.2 Å². The Labute approximate surface area is 243 Å². The lowest BCUT2D eigenvalue weighted by molar-refractivity contribution is -0.121. The number of fused-ring (bicyclic) bond motifs is 3. The average Bonchev–Trinajstić information content (AvgIpc) is 3.63. The van der Waals surface area contributed by atoms with Crippen LogP contribution in [0.25, 0.3) is 26.4 Å². The fourth-order valence-corrected chi connectivity index (χ4v) is 6.87. The Bertz CT molecular complexity index is 1620. The van der Waals surface area contributed by atoms with Crippen molar-refractivity contribution in [1.82, 2.24) is 19.2 Å². The normalized spacial score (nSPS) is 18.9. The van der Waals surface area contributed by atoms with Gasteiger partial charge < -0.3 is 19.9 Å². The van der Waals surface area contributed by atoms with Crippen LogP contribution in [0, 0.1) is 11.7 Å². The number of imidazole rings is 1. The standard InChI is InChI=1S/C31H36FN5O3S/c1-31(2,3)40-30(39)36-13-5-6-25(36)20-7-9-22(23(32)16-20)24-18-37-26-10-8-21(17-27(26)41-29(37)34-24)33-28(38)19-11-14-35(4)15-12-19/h7-10,16-19,25H,5-6,11-15H2,1-4H3,(H,33,38). The first-order valence-corrected chi connectivity index (χ1v) is 15.1. The Morgan fingerprint density at radius 3 is 2.59 bits per heavy atom. The molecule has 8 nitrogen and oxygen atoms in total. The van der Waals surface area contributed by atoms with Crippen molar-refractivity contribution in [3.63, 3.8) is 0 Å². The second-order valence-corrected chi connectivity index (χ2v) is 13.2. The lowest BCUT2D eigenvalue weighted by atomic mass is 9.96. The number of rotatable bonds is 4. The molecule has 2 aromatic carbocycles. The molecular weight excluding hydrogens is 541 g/mol. The van der Waals surface area contributed by atoms with E-state index < -0.39 is 5.60 Å². The molecule has 2 aromatic heterocycles. The molecule has 0 saturated carbocycles. The summed E-state index contributed by atoms with van der Waals surface area (Å²) in [4.78, 5) is 34.9. The summed E-state index contributed by atoms with van der Waals surface area (Å²) in [5, 5.41) is 3.09. The fourth-order valence-electron chi connectivity index (χ4n) is 5.82. The Hall–Kier alpha value is -3.50. The predicted octanol–water partition coefficient (Wildman–Crippen LogP) is 6.71. The molecular formula is C31H36FN5O3S. The summed E-state index contributed by atoms with van der Waals surface area (Å²) in [7, 11) is 2.09. The van der Waals surface area contributed by atoms with Gasteiger partial charge in [-0.05, 0) is 102 Å². The molecule has 2 amide bonds. The number of carbonyl (C=O) groups is 2. The number of ether oxygens (including phenoxy) is 1. The van der Waals surface area contributed by atoms with Crippen LogP contribution in [-0.4, -0.2) is 63.5 Å². The Morgan fingerprint density at radius 2 is 1.85 bits per heavy atom. The number of likely N-dealkylation sites (tertiary alicyclic amines) is 2. The summed E-state index contributed by atoms with van der Waals surface area (Å²) in [6, 6.07) is 10.8. The highest BCUT2D eigenvalue weighted by Crippen LogP contribution is 2.36. The van der Waals surface area contributed by atoms with Crippen molar-refractivity contribution in [1.29, 1.82) is 0 Å². The van der Waals surface area contributed by atoms with Crippen molar-refractivity contribution in [2.24, 2.45) is 5.92 Å². The molecule has 1 atom stereocenters. The van der Waals surface area contributed by atoms with Gasteiger partial charge in [0.1, 0.15) is 11.4 Å². The van der Waals surface area contributed by atoms with Crippen molar-refractivity contribution < 1.29 is 18.7 Å². The number of thiazole rings is 1. The van der Waals surface area contributed by atoms with Gasteiger partial charge in [-0.15, -0.1) is 0 Å². The van der Waals surface area contributed by atoms with Gasteiger partial charge in [-0.2, -0.15) is 0 Å². The molecule has 1 N–H and O–H groups in total. The smallest absolute Gasteiger partial charge is 0.410 e. The topological polar surface area (TPSA) is 79.2 Å². The first-order chi connectivity index (χ1) is 19.6. The summed E-state index contributed by atoms with van der Waals surface area (Å²) in [6.07, 6.45) is 4.85. The highest BCUT2D eigenvalue weighted by molar-refractivity contribution is 7.23. The minimum atomic E-state index is -0.584. The molecule has 0 radical (unpaired) electrons. The fraction of sp³-hybridized carbons (Fsp3) is 0.452. The number of amides is 2. The van der Waals surface area contributed by atoms with E-state index >= 15 is 4.39 Å². The summed E-state index contributed by atoms with van der Waals surface area (Å²) >= 11 is 1.50. The third-order valence-corrected chi connectivity index (χ3v) is 9.00. The largest absolute Gasteiger partial charge is 0.444 e. The molecule has 4 heterocycles. The van der Waals surface area contributed by atoms with Crippen LogP contribution in [0.15, 0.2) is 42.6 Å². The van der Waals surface area contributed by atoms with Gasteiger partial charge in [0.25, 0.3) is 0 Å². The number of nitrogens with one attached hydrogen (secondary N) is 1. The third-order valence-electron chi connectivity index (χ3n) is 7.99. The molecule has 41 heavy (non-hydrogen) atoms. The zero-order valence-electron chi connectivity index (χ0n) is 23.9. The van der Waals surface area contributed by atoms with Gasteiger partial charge in [-0.1, -0.05) is 17.4 Å². The average molecular weight is 578 g/mol. The van der Waals surface area contributed by atoms with E-state index in [1.807, 2.05) is 55.6 Å². The van der Waals surface area contributed by atoms with Crippen LogP contribution >= 0.6 is 11.3 Å². The number of piperidine rings is 1. The van der Waals surface area contributed by atoms with E-state index in [4.69, 9.17) is 9.72 Å². The molecule has 0 aliphatic carbocycles. The number of carbonyl (C=O) groups excluding carboxylic acids is 2. The van der Waals surface area contributed by atoms with Crippen LogP contribution in [0.3, 0.4) is 0 Å². The van der Waals surface area contributed by atoms with E-state index in [-0.39, 0.29) is 29.8 Å². The van der Waals surface area contributed by atoms with Gasteiger partial charge in [0.15, 0.2) is 4.96 Å². The summed E-state index contributed by atoms with van der Waals surface area (Å²) in [5.74, 6) is -0.250. The quantitative estimate of drug-likeness (QED) is 0.292. The maximum absolute atomic E-state index is 15.5. The molecule has 0 bridgehead atoms. The van der Waals surface area contributed by atoms with E-state index in [1.165, 1.54) is 17.4 Å². The molecule has 1 unspecified atom stereocenters. The number of anilines is 1. The number of halogens is 1. The van der Waals surface area contributed by atoms with Gasteiger partial charge >= 0.3 is 6.09 Å². The molecule has 2 fully saturated rings. The van der Waals surface area contributed by atoms with Gasteiger partial charge in [0.2, 0.25) is 5.91 Å². The lowest BCUT2D eigenvalue weighted by Crippen LogP contribution is -2.36. The maximum Gasteiger partial charge on any atom is 0.410 e. The SMILES string of the molecule is CN1CCC(C(=O)Nc2ccc3c(c2)sc2nc(-c4ccc(C5CCCN5C(=O)OC(C)(C)C)cc4F)cn23)CC1. The summed E-state index contributed by atoms with van der Waals surface area (Å²) < 4.78 is 24.0. The second-order valence-electron chi connectivity index (χ2n) is 12.2. The summed E-state index contributed by atoms with van der Waals surface area (Å²) in [6.45, 7) is 8.01. The van der Waals surface area contributed by atoms with E-state index in [0.717, 1.165) is 65.2 Å². The van der Waals surface area contributed by atoms with Gasteiger partial charge in [-0.3, -0.25) is 9.20 Å². The second kappa shape index (κ2) is 10.7. The van der Waals surface area contributed by atoms with Gasteiger partial charge in [-0.25, -0.2) is 14.2 Å². The van der Waals surface area contributed by atoms with Crippen molar-refractivity contribution in [3.05, 3.63) is 54.0 Å². The molecule has 2 aliphatic rings. The molecule has 2 aliphatic heterocycles. The predicted molar refractivity (Wildman–Crippen MR) is 160 cm³/mol. The van der Waals surface area contributed by atoms with Crippen molar-refractivity contribution in [2.75, 3.05) is 32.0 Å². The zero-order valence-corrected chi connectivity index (χ0v) is 24.8. The van der Waals surface area contributed by atoms with Crippen LogP contribution in [0.1, 0.15) is 58.1 Å². The molecule has 0 spiro atoms. The van der Waals surface area contributed by atoms with Crippen molar-refractivity contribution in [3.8, 4) is 11.3 Å². The van der Waals surface area contributed by atoms with Crippen molar-refractivity contribution in [2.45, 2.75) is 58.1 Å². The third kappa shape index (κ3) is 5.67. The minimum absolute atomic E-state index is 0.0421. The lowest BCUT2D eigenvalue weighted by Gasteiger charge is -2.29. The number of aromatic nitrogens is 2. The molecule has 4 aromatic rings.